The van der Waals surface area contributed by atoms with E-state index in [2.05, 4.69) is 26.5 Å². The molecule has 0 aromatic heterocycles. The molecule has 0 bridgehead atoms. The van der Waals surface area contributed by atoms with Gasteiger partial charge in [0.25, 0.3) is 5.91 Å². The molecule has 0 aliphatic heterocycles. The number of phenols is 1. The van der Waals surface area contributed by atoms with Crippen molar-refractivity contribution in [3.05, 3.63) is 51.5 Å². The Bertz CT molecular complexity index is 798. The average molecular weight is 421 g/mol. The molecule has 0 fully saturated rings. The summed E-state index contributed by atoms with van der Waals surface area (Å²) >= 11 is 3.42. The average Bonchev–Trinajstić information content (AvgIpc) is 2.56. The van der Waals surface area contributed by atoms with Crippen LogP contribution in [0.1, 0.15) is 23.6 Å². The quantitative estimate of drug-likeness (QED) is 0.528. The van der Waals surface area contributed by atoms with E-state index in [1.165, 1.54) is 12.3 Å². The van der Waals surface area contributed by atoms with Gasteiger partial charge in [-0.15, -0.1) is 0 Å². The topological polar surface area (TPSA) is 80.2 Å². The Labute approximate surface area is 161 Å². The maximum Gasteiger partial charge on any atom is 0.277 e. The van der Waals surface area contributed by atoms with Gasteiger partial charge >= 0.3 is 0 Å². The number of benzene rings is 2. The van der Waals surface area contributed by atoms with Gasteiger partial charge in [-0.3, -0.25) is 4.79 Å². The summed E-state index contributed by atoms with van der Waals surface area (Å²) in [5.41, 5.74) is 4.71. The first kappa shape index (κ1) is 19.8. The number of nitrogens with zero attached hydrogens (tertiary/aromatic N) is 1. The summed E-state index contributed by atoms with van der Waals surface area (Å²) in [6.45, 7) is 6.05. The van der Waals surface area contributed by atoms with Crippen molar-refractivity contribution < 1.29 is 19.4 Å². The molecule has 0 aliphatic rings. The number of carbonyl (C=O) groups excluding carboxylic acids is 1. The van der Waals surface area contributed by atoms with Crippen molar-refractivity contribution in [2.45, 2.75) is 20.8 Å². The zero-order valence-corrected chi connectivity index (χ0v) is 16.5. The number of aromatic hydroxyl groups is 1. The molecule has 7 heteroatoms. The van der Waals surface area contributed by atoms with Gasteiger partial charge in [0.05, 0.1) is 12.8 Å². The van der Waals surface area contributed by atoms with Crippen molar-refractivity contribution in [3.63, 3.8) is 0 Å². The Hall–Kier alpha value is -2.54. The van der Waals surface area contributed by atoms with Gasteiger partial charge in [-0.25, -0.2) is 5.43 Å². The highest BCUT2D eigenvalue weighted by Gasteiger charge is 2.08. The second-order valence-electron chi connectivity index (χ2n) is 5.60. The van der Waals surface area contributed by atoms with Gasteiger partial charge in [-0.2, -0.15) is 5.10 Å². The lowest BCUT2D eigenvalue weighted by molar-refractivity contribution is -0.123. The Morgan fingerprint density at radius 2 is 1.92 bits per heavy atom. The molecule has 2 aromatic carbocycles. The Morgan fingerprint density at radius 3 is 2.54 bits per heavy atom. The highest BCUT2D eigenvalue weighted by molar-refractivity contribution is 9.10. The Balaban J connectivity index is 1.90. The molecule has 6 nitrogen and oxygen atoms in total. The number of aryl methyl sites for hydroxylation is 2. The number of phenolic OH excluding ortho intramolecular Hbond substituents is 1. The van der Waals surface area contributed by atoms with Crippen LogP contribution in [0.4, 0.5) is 0 Å². The smallest absolute Gasteiger partial charge is 0.277 e. The fourth-order valence-electron chi connectivity index (χ4n) is 2.36. The standard InChI is InChI=1S/C19H21BrN2O4/c1-4-25-16-6-5-14(17(23)9-16)10-21-22-18(24)11-26-19-12(2)7-15(20)8-13(19)3/h5-10,23H,4,11H2,1-3H3,(H,22,24)/b21-10+. The number of amides is 1. The van der Waals surface area contributed by atoms with Crippen molar-refractivity contribution in [2.24, 2.45) is 5.10 Å². The maximum atomic E-state index is 11.9. The van der Waals surface area contributed by atoms with Gasteiger partial charge in [-0.05, 0) is 56.2 Å². The predicted octanol–water partition coefficient (Wildman–Crippen LogP) is 3.70. The Morgan fingerprint density at radius 1 is 1.23 bits per heavy atom. The third kappa shape index (κ3) is 5.49. The van der Waals surface area contributed by atoms with Crippen LogP contribution in [0.2, 0.25) is 0 Å². The number of hydrogen-bond acceptors (Lipinski definition) is 5. The lowest BCUT2D eigenvalue weighted by Crippen LogP contribution is -2.25. The largest absolute Gasteiger partial charge is 0.507 e. The number of nitrogens with one attached hydrogen (secondary N) is 1. The molecular weight excluding hydrogens is 400 g/mol. The number of carbonyl (C=O) groups is 1. The van der Waals surface area contributed by atoms with Gasteiger partial charge in [0.2, 0.25) is 0 Å². The SMILES string of the molecule is CCOc1ccc(/C=N/NC(=O)COc2c(C)cc(Br)cc2C)c(O)c1. The molecule has 2 N–H and O–H groups in total. The van der Waals surface area contributed by atoms with E-state index in [-0.39, 0.29) is 12.4 Å². The molecule has 0 saturated heterocycles. The van der Waals surface area contributed by atoms with Crippen LogP contribution in [0.3, 0.4) is 0 Å². The normalized spacial score (nSPS) is 10.8. The summed E-state index contributed by atoms with van der Waals surface area (Å²) in [5, 5.41) is 13.7. The summed E-state index contributed by atoms with van der Waals surface area (Å²) in [6, 6.07) is 8.71. The highest BCUT2D eigenvalue weighted by atomic mass is 79.9. The fourth-order valence-corrected chi connectivity index (χ4v) is 3.04. The van der Waals surface area contributed by atoms with Gasteiger partial charge in [0.1, 0.15) is 17.2 Å². The third-order valence-corrected chi connectivity index (χ3v) is 3.94. The van der Waals surface area contributed by atoms with Crippen molar-refractivity contribution >= 4 is 28.1 Å². The molecule has 26 heavy (non-hydrogen) atoms. The maximum absolute atomic E-state index is 11.9. The van der Waals surface area contributed by atoms with Crippen LogP contribution in [0.15, 0.2) is 39.9 Å². The summed E-state index contributed by atoms with van der Waals surface area (Å²) < 4.78 is 11.8. The van der Waals surface area contributed by atoms with E-state index in [0.29, 0.717) is 23.7 Å². The molecular formula is C19H21BrN2O4. The fraction of sp³-hybridized carbons (Fsp3) is 0.263. The zero-order valence-electron chi connectivity index (χ0n) is 14.9. The minimum absolute atomic E-state index is 0.0197. The number of hydrogen-bond donors (Lipinski definition) is 2. The summed E-state index contributed by atoms with van der Waals surface area (Å²) in [4.78, 5) is 11.9. The van der Waals surface area contributed by atoms with Crippen LogP contribution in [0.5, 0.6) is 17.2 Å². The van der Waals surface area contributed by atoms with Crippen LogP contribution in [-0.4, -0.2) is 30.4 Å². The lowest BCUT2D eigenvalue weighted by Gasteiger charge is -2.11. The van der Waals surface area contributed by atoms with E-state index in [9.17, 15) is 9.90 Å². The van der Waals surface area contributed by atoms with E-state index in [1.54, 1.807) is 12.1 Å². The van der Waals surface area contributed by atoms with E-state index < -0.39 is 5.91 Å². The van der Waals surface area contributed by atoms with Gasteiger partial charge in [0.15, 0.2) is 6.61 Å². The molecule has 0 spiro atoms. The number of hydrazone groups is 1. The van der Waals surface area contributed by atoms with E-state index in [4.69, 9.17) is 9.47 Å². The van der Waals surface area contributed by atoms with Gasteiger partial charge < -0.3 is 14.6 Å². The molecule has 2 aromatic rings. The van der Waals surface area contributed by atoms with Gasteiger partial charge in [-0.1, -0.05) is 15.9 Å². The van der Waals surface area contributed by atoms with Crippen molar-refractivity contribution in [3.8, 4) is 17.2 Å². The van der Waals surface area contributed by atoms with Crippen molar-refractivity contribution in [1.82, 2.24) is 5.43 Å². The lowest BCUT2D eigenvalue weighted by atomic mass is 10.1. The summed E-state index contributed by atoms with van der Waals surface area (Å²) in [5.74, 6) is 0.871. The molecule has 138 valence electrons. The first-order chi connectivity index (χ1) is 12.4. The van der Waals surface area contributed by atoms with Crippen molar-refractivity contribution in [1.29, 1.82) is 0 Å². The summed E-state index contributed by atoms with van der Waals surface area (Å²) in [6.07, 6.45) is 1.36. The van der Waals surface area contributed by atoms with Gasteiger partial charge in [0, 0.05) is 16.1 Å². The first-order valence-electron chi connectivity index (χ1n) is 8.08. The molecule has 0 atom stereocenters. The predicted molar refractivity (Wildman–Crippen MR) is 104 cm³/mol. The molecule has 0 unspecified atom stereocenters. The first-order valence-corrected chi connectivity index (χ1v) is 8.87. The van der Waals surface area contributed by atoms with Crippen LogP contribution < -0.4 is 14.9 Å². The number of halogens is 1. The molecule has 1 amide bonds. The van der Waals surface area contributed by atoms with Crippen LogP contribution in [-0.2, 0) is 4.79 Å². The minimum atomic E-state index is -0.395. The second kappa shape index (κ2) is 9.24. The zero-order chi connectivity index (χ0) is 19.1. The Kier molecular flexibility index (Phi) is 7.03. The molecule has 2 rings (SSSR count). The van der Waals surface area contributed by atoms with Crippen LogP contribution in [0.25, 0.3) is 0 Å². The van der Waals surface area contributed by atoms with Crippen LogP contribution >= 0.6 is 15.9 Å². The monoisotopic (exact) mass is 420 g/mol. The minimum Gasteiger partial charge on any atom is -0.507 e. The third-order valence-electron chi connectivity index (χ3n) is 3.48. The highest BCUT2D eigenvalue weighted by Crippen LogP contribution is 2.27. The molecule has 0 heterocycles. The van der Waals surface area contributed by atoms with E-state index in [1.807, 2.05) is 32.9 Å². The molecule has 0 saturated carbocycles. The molecule has 0 radical (unpaired) electrons. The summed E-state index contributed by atoms with van der Waals surface area (Å²) in [7, 11) is 0. The van der Waals surface area contributed by atoms with Crippen LogP contribution in [0, 0.1) is 13.8 Å². The van der Waals surface area contributed by atoms with E-state index >= 15 is 0 Å². The molecule has 0 aliphatic carbocycles. The number of ether oxygens (including phenoxy) is 2. The second-order valence-corrected chi connectivity index (χ2v) is 6.52. The van der Waals surface area contributed by atoms with Crippen molar-refractivity contribution in [2.75, 3.05) is 13.2 Å². The van der Waals surface area contributed by atoms with E-state index in [0.717, 1.165) is 15.6 Å². The number of rotatable bonds is 7.